The highest BCUT2D eigenvalue weighted by Gasteiger charge is 2.42. The first kappa shape index (κ1) is 91.8. The van der Waals surface area contributed by atoms with E-state index >= 15 is 0 Å². The number of fused-ring (bicyclic) bond motifs is 9. The lowest BCUT2D eigenvalue weighted by atomic mass is 9.73. The van der Waals surface area contributed by atoms with Gasteiger partial charge in [0.25, 0.3) is 0 Å². The summed E-state index contributed by atoms with van der Waals surface area (Å²) in [5, 5.41) is 2.45. The zero-order valence-corrected chi connectivity index (χ0v) is 83.6. The fourth-order valence-electron chi connectivity index (χ4n) is 22.3. The molecule has 0 atom stereocenters. The molecule has 0 spiro atoms. The van der Waals surface area contributed by atoms with Crippen molar-refractivity contribution in [2.75, 3.05) is 29.4 Å². The third-order valence-corrected chi connectivity index (χ3v) is 29.8. The van der Waals surface area contributed by atoms with Gasteiger partial charge in [-0.15, -0.1) is 0 Å². The summed E-state index contributed by atoms with van der Waals surface area (Å²) in [5.74, 6) is 0. The molecule has 0 aliphatic carbocycles. The smallest absolute Gasteiger partial charge is 0.0701 e. The van der Waals surface area contributed by atoms with Crippen LogP contribution in [0.15, 0.2) is 552 Å². The number of anilines is 18. The van der Waals surface area contributed by atoms with E-state index in [1.165, 1.54) is 123 Å². The first-order valence-electron chi connectivity index (χ1n) is 51.0. The summed E-state index contributed by atoms with van der Waals surface area (Å²) in [6, 6.07) is 192. The maximum absolute atomic E-state index is 4.58. The summed E-state index contributed by atoms with van der Waals surface area (Å²) in [7, 11) is 0. The summed E-state index contributed by atoms with van der Waals surface area (Å²) in [6.45, 7) is 14.0. The molecule has 9 nitrogen and oxygen atoms in total. The van der Waals surface area contributed by atoms with E-state index in [2.05, 4.69) is 601 Å². The van der Waals surface area contributed by atoms with Crippen LogP contribution in [0.1, 0.15) is 74.9 Å². The summed E-state index contributed by atoms with van der Waals surface area (Å²) in [6.07, 6.45) is 5.57. The van der Waals surface area contributed by atoms with Gasteiger partial charge in [0.2, 0.25) is 0 Å². The van der Waals surface area contributed by atoms with Crippen LogP contribution in [0.3, 0.4) is 0 Å². The van der Waals surface area contributed by atoms with Gasteiger partial charge in [-0.3, -0.25) is 9.97 Å². The maximum atomic E-state index is 4.58. The van der Waals surface area contributed by atoms with Gasteiger partial charge in [0, 0.05) is 125 Å². The number of para-hydroxylation sites is 8. The molecular formula is C139H109N9. The van der Waals surface area contributed by atoms with Crippen molar-refractivity contribution in [1.29, 1.82) is 0 Å². The third kappa shape index (κ3) is 17.2. The molecule has 20 aromatic carbocycles. The van der Waals surface area contributed by atoms with Gasteiger partial charge >= 0.3 is 0 Å². The van der Waals surface area contributed by atoms with Crippen LogP contribution in [-0.4, -0.2) is 14.5 Å². The monoisotopic (exact) mass is 1900 g/mol. The van der Waals surface area contributed by atoms with E-state index in [4.69, 9.17) is 0 Å². The van der Waals surface area contributed by atoms with Crippen LogP contribution < -0.4 is 29.4 Å². The Balaban J connectivity index is 0.000000119. The summed E-state index contributed by atoms with van der Waals surface area (Å²) >= 11 is 0. The van der Waals surface area contributed by atoms with E-state index in [-0.39, 0.29) is 16.2 Å². The van der Waals surface area contributed by atoms with E-state index in [0.29, 0.717) is 0 Å². The Hall–Kier alpha value is -18.7. The average Bonchev–Trinajstić information content (AvgIpc) is 0.862. The number of hydrogen-bond donors (Lipinski definition) is 0. The quantitative estimate of drug-likeness (QED) is 0.0842. The lowest BCUT2D eigenvalue weighted by Crippen LogP contribution is -2.30. The first-order valence-corrected chi connectivity index (χ1v) is 51.0. The minimum atomic E-state index is -0.184. The van der Waals surface area contributed by atoms with Crippen molar-refractivity contribution in [2.24, 2.45) is 0 Å². The molecule has 0 N–H and O–H groups in total. The normalized spacial score (nSPS) is 13.1. The molecule has 0 amide bonds. The molecule has 26 rings (SSSR count). The van der Waals surface area contributed by atoms with Gasteiger partial charge in [0.15, 0.2) is 0 Å². The zero-order valence-electron chi connectivity index (χ0n) is 83.6. The molecule has 710 valence electrons. The van der Waals surface area contributed by atoms with Gasteiger partial charge < -0.3 is 34.0 Å². The highest BCUT2D eigenvalue weighted by Crippen LogP contribution is 2.59. The summed E-state index contributed by atoms with van der Waals surface area (Å²) in [5.41, 5.74) is 42.9. The highest BCUT2D eigenvalue weighted by atomic mass is 15.2. The first-order chi connectivity index (χ1) is 72.7. The largest absolute Gasteiger partial charge is 0.310 e. The van der Waals surface area contributed by atoms with Crippen LogP contribution in [0.4, 0.5) is 102 Å². The van der Waals surface area contributed by atoms with Crippen molar-refractivity contribution in [2.45, 2.75) is 57.8 Å². The van der Waals surface area contributed by atoms with Crippen LogP contribution in [0.5, 0.6) is 0 Å². The number of benzene rings is 20. The molecule has 148 heavy (non-hydrogen) atoms. The Morgan fingerprint density at radius 2 is 0.453 bits per heavy atom. The predicted molar refractivity (Wildman–Crippen MR) is 621 cm³/mol. The second-order valence-electron chi connectivity index (χ2n) is 39.7. The fourth-order valence-corrected chi connectivity index (χ4v) is 22.3. The Bertz CT molecular complexity index is 8190. The number of aromatic nitrogens is 3. The van der Waals surface area contributed by atoms with E-state index in [9.17, 15) is 0 Å². The molecule has 0 unspecified atom stereocenters. The molecule has 0 saturated heterocycles. The summed E-state index contributed by atoms with van der Waals surface area (Å²) < 4.78 is 2.38. The number of hydrogen-bond acceptors (Lipinski definition) is 8. The van der Waals surface area contributed by atoms with Crippen molar-refractivity contribution in [3.8, 4) is 61.5 Å². The predicted octanol–water partition coefficient (Wildman–Crippen LogP) is 38.0. The van der Waals surface area contributed by atoms with Crippen molar-refractivity contribution < 1.29 is 0 Å². The van der Waals surface area contributed by atoms with Gasteiger partial charge in [-0.25, -0.2) is 0 Å². The Morgan fingerprint density at radius 1 is 0.182 bits per heavy atom. The van der Waals surface area contributed by atoms with Crippen LogP contribution in [-0.2, 0) is 16.2 Å². The standard InChI is InChI=1S/C51H39N3.2C44H35N3/c1-51(2)45-23-13-15-25-49(45)54(39-20-10-5-11-21-39)50-35-42(30-32-46(50)51)52(40-28-26-37(27-29-40)36-16-6-3-7-17-36)41-31-33-48-44(34-41)43-22-12-14-24-47(43)53(48)38-18-8-4-9-19-38;1-44(2)39-17-9-10-19-42(39)47(35-15-7-4-8-16-35)43-31-38(28-29-40(43)44)46(36-24-20-33(21-25-36)32-13-5-3-6-14-32)37-26-22-34(23-27-37)41-18-11-12-30-45-41;1-44(2)40-17-9-10-18-42(40)47(36-15-7-4-8-16-36)43-30-39(27-28-41(43)44)46(37-23-19-33(20-24-37)32-12-5-3-6-13-32)38-25-21-34(22-26-38)35-14-11-29-45-31-35/h3-35H,1-2H3;2*3-31H,1-2H3. The summed E-state index contributed by atoms with van der Waals surface area (Å²) in [4.78, 5) is 23.3. The third-order valence-electron chi connectivity index (χ3n) is 29.8. The molecule has 0 bridgehead atoms. The van der Waals surface area contributed by atoms with Crippen LogP contribution in [0.2, 0.25) is 0 Å². The molecule has 3 aliphatic heterocycles. The van der Waals surface area contributed by atoms with Crippen molar-refractivity contribution in [1.82, 2.24) is 14.5 Å². The number of nitrogens with zero attached hydrogens (tertiary/aromatic N) is 9. The van der Waals surface area contributed by atoms with E-state index in [0.717, 1.165) is 96.3 Å². The molecule has 3 aliphatic rings. The molecule has 0 fully saturated rings. The van der Waals surface area contributed by atoms with Gasteiger partial charge in [0.05, 0.1) is 50.9 Å². The molecule has 9 heteroatoms. The van der Waals surface area contributed by atoms with Crippen molar-refractivity contribution in [3.05, 3.63) is 586 Å². The van der Waals surface area contributed by atoms with Crippen LogP contribution in [0, 0.1) is 0 Å². The van der Waals surface area contributed by atoms with Gasteiger partial charge in [-0.2, -0.15) is 0 Å². The molecular weight excluding hydrogens is 1800 g/mol. The fraction of sp³-hybridized carbons (Fsp3) is 0.0647. The number of rotatable bonds is 18. The Morgan fingerprint density at radius 3 is 0.811 bits per heavy atom. The molecule has 0 radical (unpaired) electrons. The minimum absolute atomic E-state index is 0.163. The number of pyridine rings is 2. The van der Waals surface area contributed by atoms with E-state index in [1.807, 2.05) is 36.8 Å². The van der Waals surface area contributed by atoms with Gasteiger partial charge in [0.1, 0.15) is 0 Å². The van der Waals surface area contributed by atoms with Crippen molar-refractivity contribution >= 4 is 124 Å². The molecule has 23 aromatic rings. The van der Waals surface area contributed by atoms with E-state index in [1.54, 1.807) is 0 Å². The lowest BCUT2D eigenvalue weighted by molar-refractivity contribution is 0.632. The minimum Gasteiger partial charge on any atom is -0.310 e. The molecule has 6 heterocycles. The Labute approximate surface area is 867 Å². The second kappa shape index (κ2) is 39.2. The zero-order chi connectivity index (χ0) is 99.8. The van der Waals surface area contributed by atoms with E-state index < -0.39 is 0 Å². The van der Waals surface area contributed by atoms with Crippen LogP contribution >= 0.6 is 0 Å². The Kier molecular flexibility index (Phi) is 24.3. The maximum Gasteiger partial charge on any atom is 0.0701 e. The molecule has 0 saturated carbocycles. The average molecular weight is 1910 g/mol. The second-order valence-corrected chi connectivity index (χ2v) is 39.7. The highest BCUT2D eigenvalue weighted by molar-refractivity contribution is 6.11. The van der Waals surface area contributed by atoms with Gasteiger partial charge in [-0.1, -0.05) is 369 Å². The topological polar surface area (TPSA) is 50.2 Å². The van der Waals surface area contributed by atoms with Crippen molar-refractivity contribution in [3.63, 3.8) is 0 Å². The van der Waals surface area contributed by atoms with Crippen LogP contribution in [0.25, 0.3) is 83.3 Å². The molecule has 3 aromatic heterocycles. The van der Waals surface area contributed by atoms with Gasteiger partial charge in [-0.05, 0) is 284 Å². The SMILES string of the molecule is CC1(C)c2ccccc2N(c2ccccc2)c2cc(N(c3ccc(-c4ccccc4)cc3)c3ccc(-c4ccccn4)cc3)ccc21.CC1(C)c2ccccc2N(c2ccccc2)c2cc(N(c3ccc(-c4ccccc4)cc3)c3ccc(-c4cccnc4)cc3)ccc21.CC1(C)c2ccccc2N(c2ccccc2)c2cc(N(c3ccc(-c4ccccc4)cc3)c3ccc4c(c3)c3ccccc3n4-c3ccccc3)ccc21. The lowest BCUT2D eigenvalue weighted by Gasteiger charge is -2.42.